The molecular weight excluding hydrogens is 545 g/mol. The lowest BCUT2D eigenvalue weighted by atomic mass is 10.1. The summed E-state index contributed by atoms with van der Waals surface area (Å²) >= 11 is 18.4. The number of benzene rings is 3. The van der Waals surface area contributed by atoms with Crippen LogP contribution < -0.4 is 5.32 Å². The second-order valence-electron chi connectivity index (χ2n) is 7.64. The molecule has 7 nitrogen and oxygen atoms in total. The molecule has 1 heterocycles. The Morgan fingerprint density at radius 3 is 2.31 bits per heavy atom. The molecule has 0 radical (unpaired) electrons. The first-order valence-electron chi connectivity index (χ1n) is 10.4. The van der Waals surface area contributed by atoms with Crippen LogP contribution in [0.3, 0.4) is 0 Å². The molecule has 0 fully saturated rings. The number of hydrogen-bond donors (Lipinski definition) is 2. The van der Waals surface area contributed by atoms with Gasteiger partial charge in [0, 0.05) is 12.3 Å². The van der Waals surface area contributed by atoms with Crippen molar-refractivity contribution >= 4 is 57.9 Å². The van der Waals surface area contributed by atoms with Gasteiger partial charge < -0.3 is 15.0 Å². The molecule has 3 aromatic carbocycles. The molecular formula is C25H18Cl3N3O4S. The Kier molecular flexibility index (Phi) is 7.92. The Morgan fingerprint density at radius 2 is 1.67 bits per heavy atom. The van der Waals surface area contributed by atoms with E-state index in [4.69, 9.17) is 39.9 Å². The number of carboxylic acid groups (broad SMARTS) is 1. The average Bonchev–Trinajstić information content (AvgIpc) is 3.27. The lowest BCUT2D eigenvalue weighted by Crippen LogP contribution is -2.29. The number of carbonyl (C=O) groups is 2. The molecule has 4 aromatic rings. The lowest BCUT2D eigenvalue weighted by Gasteiger charge is -2.13. The van der Waals surface area contributed by atoms with Crippen molar-refractivity contribution in [2.24, 2.45) is 0 Å². The molecule has 184 valence electrons. The van der Waals surface area contributed by atoms with Crippen LogP contribution in [-0.2, 0) is 16.0 Å². The Morgan fingerprint density at radius 1 is 1.00 bits per heavy atom. The predicted molar refractivity (Wildman–Crippen MR) is 142 cm³/mol. The quantitative estimate of drug-likeness (QED) is 0.280. The van der Waals surface area contributed by atoms with Gasteiger partial charge >= 0.3 is 5.97 Å². The number of carbonyl (C=O) groups excluding carboxylic acids is 1. The van der Waals surface area contributed by atoms with Crippen LogP contribution in [0.15, 0.2) is 71.8 Å². The van der Waals surface area contributed by atoms with E-state index < -0.39 is 29.6 Å². The van der Waals surface area contributed by atoms with Crippen molar-refractivity contribution in [3.8, 4) is 28.2 Å². The lowest BCUT2D eigenvalue weighted by molar-refractivity contribution is -0.135. The van der Waals surface area contributed by atoms with Gasteiger partial charge in [0.1, 0.15) is 24.3 Å². The van der Waals surface area contributed by atoms with Crippen LogP contribution in [0.1, 0.15) is 10.5 Å². The largest absolute Gasteiger partial charge is 0.612 e. The van der Waals surface area contributed by atoms with Crippen molar-refractivity contribution in [2.45, 2.75) is 4.90 Å². The highest BCUT2D eigenvalue weighted by atomic mass is 35.5. The standard InChI is InChI=1S/C25H18Cl3N3O4S/c1-36(35)16-5-2-4-14(10-16)15-8-9-21(19(28)11-15)31-13-20(25(34)29-12-22(32)33)30-24(31)23-17(26)6-3-7-18(23)27/h2-11,13H,12H2,1H3,(H,29,34)(H,32,33). The first kappa shape index (κ1) is 26.1. The fraction of sp³-hybridized carbons (Fsp3) is 0.0800. The van der Waals surface area contributed by atoms with Crippen molar-refractivity contribution in [1.82, 2.24) is 14.9 Å². The average molecular weight is 563 g/mol. The van der Waals surface area contributed by atoms with E-state index in [9.17, 15) is 14.1 Å². The van der Waals surface area contributed by atoms with Gasteiger partial charge in [0.25, 0.3) is 5.91 Å². The monoisotopic (exact) mass is 561 g/mol. The molecule has 0 spiro atoms. The van der Waals surface area contributed by atoms with Gasteiger partial charge in [0.2, 0.25) is 0 Å². The molecule has 1 atom stereocenters. The first-order valence-corrected chi connectivity index (χ1v) is 13.1. The zero-order valence-corrected chi connectivity index (χ0v) is 21.8. The molecule has 1 aromatic heterocycles. The zero-order chi connectivity index (χ0) is 26.0. The molecule has 0 aliphatic carbocycles. The number of aliphatic carboxylic acids is 1. The Hall–Kier alpha value is -3.01. The van der Waals surface area contributed by atoms with Crippen molar-refractivity contribution in [2.75, 3.05) is 12.8 Å². The topological polar surface area (TPSA) is 107 Å². The molecule has 0 aliphatic rings. The normalized spacial score (nSPS) is 11.8. The molecule has 4 rings (SSSR count). The fourth-order valence-electron chi connectivity index (χ4n) is 3.54. The van der Waals surface area contributed by atoms with E-state index in [-0.39, 0.29) is 11.5 Å². The second kappa shape index (κ2) is 10.9. The third kappa shape index (κ3) is 5.53. The van der Waals surface area contributed by atoms with Gasteiger partial charge in [-0.1, -0.05) is 59.1 Å². The second-order valence-corrected chi connectivity index (χ2v) is 10.2. The zero-order valence-electron chi connectivity index (χ0n) is 18.7. The summed E-state index contributed by atoms with van der Waals surface area (Å²) in [6, 6.07) is 17.6. The number of nitrogens with zero attached hydrogens (tertiary/aromatic N) is 2. The summed E-state index contributed by atoms with van der Waals surface area (Å²) in [5, 5.41) is 12.1. The summed E-state index contributed by atoms with van der Waals surface area (Å²) in [7, 11) is 0. The highest BCUT2D eigenvalue weighted by Crippen LogP contribution is 2.37. The highest BCUT2D eigenvalue weighted by molar-refractivity contribution is 7.90. The number of hydrogen-bond acceptors (Lipinski definition) is 4. The van der Waals surface area contributed by atoms with Gasteiger partial charge in [-0.2, -0.15) is 0 Å². The Balaban J connectivity index is 1.83. The van der Waals surface area contributed by atoms with Crippen LogP contribution in [0.5, 0.6) is 0 Å². The van der Waals surface area contributed by atoms with E-state index in [0.29, 0.717) is 31.2 Å². The summed E-state index contributed by atoms with van der Waals surface area (Å²) in [5.74, 6) is -1.62. The van der Waals surface area contributed by atoms with Crippen LogP contribution in [0.4, 0.5) is 0 Å². The summed E-state index contributed by atoms with van der Waals surface area (Å²) < 4.78 is 13.5. The van der Waals surface area contributed by atoms with Crippen LogP contribution in [0, 0.1) is 0 Å². The number of nitrogens with one attached hydrogen (secondary N) is 1. The minimum atomic E-state index is -1.19. The molecule has 11 heteroatoms. The molecule has 0 saturated carbocycles. The molecule has 0 saturated heterocycles. The number of carboxylic acids is 1. The van der Waals surface area contributed by atoms with Gasteiger partial charge in [-0.05, 0) is 52.6 Å². The minimum Gasteiger partial charge on any atom is -0.612 e. The van der Waals surface area contributed by atoms with Crippen LogP contribution in [0.25, 0.3) is 28.2 Å². The number of amides is 1. The Bertz CT molecular complexity index is 1450. The van der Waals surface area contributed by atoms with Crippen molar-refractivity contribution < 1.29 is 19.2 Å². The van der Waals surface area contributed by atoms with E-state index in [1.54, 1.807) is 47.2 Å². The van der Waals surface area contributed by atoms with Gasteiger partial charge in [-0.3, -0.25) is 14.2 Å². The fourth-order valence-corrected chi connectivity index (χ4v) is 4.95. The first-order chi connectivity index (χ1) is 17.2. The van der Waals surface area contributed by atoms with Gasteiger partial charge in [-0.25, -0.2) is 4.98 Å². The minimum absolute atomic E-state index is 0.0412. The maximum absolute atomic E-state index is 12.6. The van der Waals surface area contributed by atoms with Crippen molar-refractivity contribution in [3.05, 3.63) is 87.6 Å². The van der Waals surface area contributed by atoms with E-state index >= 15 is 0 Å². The van der Waals surface area contributed by atoms with E-state index in [1.165, 1.54) is 6.20 Å². The molecule has 1 unspecified atom stereocenters. The SMILES string of the molecule is C[S+]([O-])c1cccc(-c2ccc(-n3cc(C(=O)NCC(=O)O)nc3-c3c(Cl)cccc3Cl)c(Cl)c2)c1. The number of rotatable bonds is 7. The van der Waals surface area contributed by atoms with E-state index in [1.807, 2.05) is 24.3 Å². The van der Waals surface area contributed by atoms with Crippen molar-refractivity contribution in [1.29, 1.82) is 0 Å². The summed E-state index contributed by atoms with van der Waals surface area (Å²) in [5.41, 5.74) is 2.47. The third-order valence-corrected chi connectivity index (χ3v) is 7.08. The Labute approximate surface area is 224 Å². The predicted octanol–water partition coefficient (Wildman–Crippen LogP) is 5.72. The van der Waals surface area contributed by atoms with Crippen LogP contribution in [-0.4, -0.2) is 43.9 Å². The summed E-state index contributed by atoms with van der Waals surface area (Å²) in [6.45, 7) is -0.565. The van der Waals surface area contributed by atoms with Gasteiger partial charge in [-0.15, -0.1) is 0 Å². The number of halogens is 3. The van der Waals surface area contributed by atoms with Gasteiger partial charge in [0.15, 0.2) is 4.90 Å². The molecule has 1 amide bonds. The summed E-state index contributed by atoms with van der Waals surface area (Å²) in [6.07, 6.45) is 3.05. The smallest absolute Gasteiger partial charge is 0.322 e. The molecule has 2 N–H and O–H groups in total. The van der Waals surface area contributed by atoms with Crippen molar-refractivity contribution in [3.63, 3.8) is 0 Å². The van der Waals surface area contributed by atoms with E-state index in [0.717, 1.165) is 11.1 Å². The molecule has 0 aliphatic heterocycles. The van der Waals surface area contributed by atoms with Crippen LogP contribution in [0.2, 0.25) is 15.1 Å². The maximum Gasteiger partial charge on any atom is 0.322 e. The number of imidazole rings is 1. The molecule has 0 bridgehead atoms. The highest BCUT2D eigenvalue weighted by Gasteiger charge is 2.22. The molecule has 36 heavy (non-hydrogen) atoms. The number of aromatic nitrogens is 2. The van der Waals surface area contributed by atoms with Gasteiger partial charge in [0.05, 0.1) is 26.3 Å². The third-order valence-electron chi connectivity index (χ3n) is 5.23. The summed E-state index contributed by atoms with van der Waals surface area (Å²) in [4.78, 5) is 28.6. The van der Waals surface area contributed by atoms with Crippen LogP contribution >= 0.6 is 34.8 Å². The maximum atomic E-state index is 12.6. The van der Waals surface area contributed by atoms with E-state index in [2.05, 4.69) is 10.3 Å².